The third-order valence-corrected chi connectivity index (χ3v) is 3.14. The summed E-state index contributed by atoms with van der Waals surface area (Å²) in [5.74, 6) is -2.28. The average molecular weight is 289 g/mol. The zero-order valence-corrected chi connectivity index (χ0v) is 11.1. The maximum absolute atomic E-state index is 11.5. The summed E-state index contributed by atoms with van der Waals surface area (Å²) in [5.41, 5.74) is 4.71. The molecule has 0 unspecified atom stereocenters. The van der Waals surface area contributed by atoms with Gasteiger partial charge < -0.3 is 5.32 Å². The Morgan fingerprint density at radius 2 is 1.60 bits per heavy atom. The van der Waals surface area contributed by atoms with Gasteiger partial charge in [0.05, 0.1) is 4.88 Å². The second kappa shape index (κ2) is 6.48. The number of hydrogen-bond acceptors (Lipinski definition) is 4. The Labute approximate surface area is 118 Å². The molecule has 0 fully saturated rings. The quantitative estimate of drug-likeness (QED) is 0.572. The number of hydrogen-bond donors (Lipinski definition) is 3. The zero-order chi connectivity index (χ0) is 14.4. The van der Waals surface area contributed by atoms with E-state index in [9.17, 15) is 14.4 Å². The minimum atomic E-state index is -0.946. The lowest BCUT2D eigenvalue weighted by molar-refractivity contribution is -0.136. The summed E-state index contributed by atoms with van der Waals surface area (Å²) in [5, 5.41) is 4.14. The van der Waals surface area contributed by atoms with Crippen LogP contribution in [0.4, 0.5) is 5.69 Å². The van der Waals surface area contributed by atoms with E-state index in [4.69, 9.17) is 0 Å². The molecule has 102 valence electrons. The van der Waals surface area contributed by atoms with Gasteiger partial charge in [0.2, 0.25) is 0 Å². The fraction of sp³-hybridized carbons (Fsp3) is 0. The fourth-order valence-corrected chi connectivity index (χ4v) is 1.97. The van der Waals surface area contributed by atoms with Gasteiger partial charge in [0.15, 0.2) is 0 Å². The standard InChI is InChI=1S/C13H11N3O3S/c17-11(10-7-4-8-20-10)15-16-13(19)12(18)14-9-5-2-1-3-6-9/h1-8H,(H,14,18)(H,15,17)(H,16,19). The summed E-state index contributed by atoms with van der Waals surface area (Å²) in [4.78, 5) is 35.0. The van der Waals surface area contributed by atoms with Gasteiger partial charge in [-0.1, -0.05) is 24.3 Å². The minimum absolute atomic E-state index is 0.439. The van der Waals surface area contributed by atoms with Crippen molar-refractivity contribution in [1.82, 2.24) is 10.9 Å². The first-order valence-corrected chi connectivity index (χ1v) is 6.55. The van der Waals surface area contributed by atoms with Gasteiger partial charge in [-0.25, -0.2) is 0 Å². The van der Waals surface area contributed by atoms with Crippen molar-refractivity contribution < 1.29 is 14.4 Å². The van der Waals surface area contributed by atoms with E-state index in [2.05, 4.69) is 10.7 Å². The Balaban J connectivity index is 1.83. The van der Waals surface area contributed by atoms with Crippen LogP contribution in [0.5, 0.6) is 0 Å². The first-order valence-electron chi connectivity index (χ1n) is 5.67. The maximum atomic E-state index is 11.5. The Morgan fingerprint density at radius 3 is 2.25 bits per heavy atom. The number of benzene rings is 1. The zero-order valence-electron chi connectivity index (χ0n) is 10.3. The molecule has 2 aromatic rings. The van der Waals surface area contributed by atoms with Crippen molar-refractivity contribution in [2.24, 2.45) is 0 Å². The molecule has 0 saturated carbocycles. The molecule has 0 aliphatic carbocycles. The van der Waals surface area contributed by atoms with Crippen LogP contribution in [0.25, 0.3) is 0 Å². The Morgan fingerprint density at radius 1 is 0.850 bits per heavy atom. The molecule has 2 rings (SSSR count). The fourth-order valence-electron chi connectivity index (χ4n) is 1.35. The number of rotatable bonds is 2. The van der Waals surface area contributed by atoms with Gasteiger partial charge in [-0.15, -0.1) is 11.3 Å². The summed E-state index contributed by atoms with van der Waals surface area (Å²) in [6, 6.07) is 11.9. The molecule has 3 amide bonds. The lowest BCUT2D eigenvalue weighted by Gasteiger charge is -2.06. The van der Waals surface area contributed by atoms with E-state index in [-0.39, 0.29) is 0 Å². The number of hydrazine groups is 1. The highest BCUT2D eigenvalue weighted by molar-refractivity contribution is 7.12. The number of amides is 3. The van der Waals surface area contributed by atoms with Gasteiger partial charge in [0.1, 0.15) is 0 Å². The van der Waals surface area contributed by atoms with Crippen LogP contribution in [0.3, 0.4) is 0 Å². The highest BCUT2D eigenvalue weighted by Gasteiger charge is 2.15. The van der Waals surface area contributed by atoms with Crippen molar-refractivity contribution >= 4 is 34.7 Å². The topological polar surface area (TPSA) is 87.3 Å². The van der Waals surface area contributed by atoms with Crippen molar-refractivity contribution in [1.29, 1.82) is 0 Å². The number of anilines is 1. The molecule has 3 N–H and O–H groups in total. The first-order chi connectivity index (χ1) is 9.66. The molecule has 0 spiro atoms. The SMILES string of the molecule is O=C(NNC(=O)c1cccs1)C(=O)Nc1ccccc1. The van der Waals surface area contributed by atoms with Crippen LogP contribution < -0.4 is 16.2 Å². The lowest BCUT2D eigenvalue weighted by atomic mass is 10.3. The van der Waals surface area contributed by atoms with Crippen LogP contribution in [0.2, 0.25) is 0 Å². The van der Waals surface area contributed by atoms with Gasteiger partial charge >= 0.3 is 11.8 Å². The largest absolute Gasteiger partial charge is 0.328 e. The summed E-state index contributed by atoms with van der Waals surface area (Å²) in [6.45, 7) is 0. The average Bonchev–Trinajstić information content (AvgIpc) is 2.99. The van der Waals surface area contributed by atoms with E-state index < -0.39 is 17.7 Å². The van der Waals surface area contributed by atoms with E-state index in [1.165, 1.54) is 11.3 Å². The summed E-state index contributed by atoms with van der Waals surface area (Å²) in [6.07, 6.45) is 0. The predicted octanol–water partition coefficient (Wildman–Crippen LogP) is 1.15. The van der Waals surface area contributed by atoms with Crippen molar-refractivity contribution in [3.05, 3.63) is 52.7 Å². The van der Waals surface area contributed by atoms with Crippen molar-refractivity contribution in [3.63, 3.8) is 0 Å². The van der Waals surface area contributed by atoms with Crippen LogP contribution in [0.15, 0.2) is 47.8 Å². The Bertz CT molecular complexity index is 611. The van der Waals surface area contributed by atoms with Crippen molar-refractivity contribution in [2.75, 3.05) is 5.32 Å². The highest BCUT2D eigenvalue weighted by Crippen LogP contribution is 2.07. The molecule has 6 nitrogen and oxygen atoms in total. The minimum Gasteiger partial charge on any atom is -0.318 e. The predicted molar refractivity (Wildman–Crippen MR) is 75.0 cm³/mol. The van der Waals surface area contributed by atoms with Gasteiger partial charge in [-0.3, -0.25) is 25.2 Å². The number of carbonyl (C=O) groups is 3. The second-order valence-corrected chi connectivity index (χ2v) is 4.65. The molecule has 0 bridgehead atoms. The van der Waals surface area contributed by atoms with Crippen LogP contribution in [0.1, 0.15) is 9.67 Å². The van der Waals surface area contributed by atoms with E-state index in [0.717, 1.165) is 0 Å². The normalized spacial score (nSPS) is 9.60. The highest BCUT2D eigenvalue weighted by atomic mass is 32.1. The molecular weight excluding hydrogens is 278 g/mol. The number of nitrogens with one attached hydrogen (secondary N) is 3. The van der Waals surface area contributed by atoms with Gasteiger partial charge in [0, 0.05) is 5.69 Å². The van der Waals surface area contributed by atoms with Crippen LogP contribution >= 0.6 is 11.3 Å². The van der Waals surface area contributed by atoms with E-state index in [0.29, 0.717) is 10.6 Å². The number of para-hydroxylation sites is 1. The molecule has 1 aromatic carbocycles. The van der Waals surface area contributed by atoms with Crippen molar-refractivity contribution in [3.8, 4) is 0 Å². The third-order valence-electron chi connectivity index (χ3n) is 2.27. The van der Waals surface area contributed by atoms with Gasteiger partial charge in [0.25, 0.3) is 5.91 Å². The summed E-state index contributed by atoms with van der Waals surface area (Å²) < 4.78 is 0. The molecule has 7 heteroatoms. The molecule has 0 saturated heterocycles. The molecule has 0 aliphatic rings. The maximum Gasteiger partial charge on any atom is 0.328 e. The summed E-state index contributed by atoms with van der Waals surface area (Å²) in [7, 11) is 0. The van der Waals surface area contributed by atoms with Crippen LogP contribution in [0, 0.1) is 0 Å². The molecular formula is C13H11N3O3S. The smallest absolute Gasteiger partial charge is 0.318 e. The number of carbonyl (C=O) groups excluding carboxylic acids is 3. The van der Waals surface area contributed by atoms with E-state index in [1.807, 2.05) is 5.43 Å². The molecule has 0 radical (unpaired) electrons. The van der Waals surface area contributed by atoms with E-state index >= 15 is 0 Å². The van der Waals surface area contributed by atoms with Crippen molar-refractivity contribution in [2.45, 2.75) is 0 Å². The van der Waals surface area contributed by atoms with E-state index in [1.54, 1.807) is 47.8 Å². The molecule has 20 heavy (non-hydrogen) atoms. The lowest BCUT2D eigenvalue weighted by Crippen LogP contribution is -2.46. The van der Waals surface area contributed by atoms with Crippen LogP contribution in [-0.4, -0.2) is 17.7 Å². The molecule has 1 heterocycles. The monoisotopic (exact) mass is 289 g/mol. The molecule has 0 aliphatic heterocycles. The Kier molecular flexibility index (Phi) is 4.46. The first kappa shape index (κ1) is 13.8. The summed E-state index contributed by atoms with van der Waals surface area (Å²) >= 11 is 1.23. The van der Waals surface area contributed by atoms with Gasteiger partial charge in [-0.2, -0.15) is 0 Å². The second-order valence-electron chi connectivity index (χ2n) is 3.71. The molecule has 1 aromatic heterocycles. The Hall–Kier alpha value is -2.67. The van der Waals surface area contributed by atoms with Gasteiger partial charge in [-0.05, 0) is 23.6 Å². The van der Waals surface area contributed by atoms with Crippen LogP contribution in [-0.2, 0) is 9.59 Å². The number of thiophene rings is 1. The molecule has 0 atom stereocenters. The third kappa shape index (κ3) is 3.66.